The molecule has 3 aromatic rings. The van der Waals surface area contributed by atoms with E-state index in [0.717, 1.165) is 46.9 Å². The monoisotopic (exact) mass is 398 g/mol. The second-order valence-corrected chi connectivity index (χ2v) is 7.58. The van der Waals surface area contributed by atoms with E-state index in [1.54, 1.807) is 18.0 Å². The van der Waals surface area contributed by atoms with Crippen molar-refractivity contribution in [1.29, 1.82) is 0 Å². The molecule has 1 aliphatic heterocycles. The third-order valence-electron chi connectivity index (χ3n) is 4.17. The molecule has 0 unspecified atom stereocenters. The molecule has 2 heterocycles. The fraction of sp³-hybridized carbons (Fsp3) is 0.200. The van der Waals surface area contributed by atoms with Gasteiger partial charge in [-0.15, -0.1) is 0 Å². The predicted octanol–water partition coefficient (Wildman–Crippen LogP) is 4.86. The summed E-state index contributed by atoms with van der Waals surface area (Å²) >= 11 is 7.51. The Kier molecular flexibility index (Phi) is 5.77. The molecule has 1 aliphatic rings. The van der Waals surface area contributed by atoms with E-state index in [1.165, 1.54) is 5.69 Å². The molecule has 4 rings (SSSR count). The lowest BCUT2D eigenvalue weighted by Gasteiger charge is -2.28. The van der Waals surface area contributed by atoms with Crippen LogP contribution in [0.3, 0.4) is 0 Å². The summed E-state index contributed by atoms with van der Waals surface area (Å²) in [7, 11) is 0. The molecule has 7 heteroatoms. The first kappa shape index (κ1) is 18.1. The van der Waals surface area contributed by atoms with Crippen molar-refractivity contribution >= 4 is 40.7 Å². The Morgan fingerprint density at radius 1 is 0.963 bits per heavy atom. The van der Waals surface area contributed by atoms with Gasteiger partial charge in [0, 0.05) is 40.6 Å². The molecule has 1 aromatic heterocycles. The van der Waals surface area contributed by atoms with E-state index in [4.69, 9.17) is 16.3 Å². The van der Waals surface area contributed by atoms with E-state index < -0.39 is 0 Å². The SMILES string of the molecule is Clc1ccc(Sc2ccnc(Nc3ccc(N4CCOCC4)cc3)n2)cc1. The molecular formula is C20H19ClN4OS. The quantitative estimate of drug-likeness (QED) is 0.619. The fourth-order valence-corrected chi connectivity index (χ4v) is 3.69. The number of morpholine rings is 1. The van der Waals surface area contributed by atoms with Gasteiger partial charge in [0.15, 0.2) is 0 Å². The maximum absolute atomic E-state index is 5.94. The summed E-state index contributed by atoms with van der Waals surface area (Å²) in [5.74, 6) is 0.577. The van der Waals surface area contributed by atoms with Gasteiger partial charge in [0.1, 0.15) is 5.03 Å². The second kappa shape index (κ2) is 8.61. The molecule has 0 saturated carbocycles. The molecule has 0 aliphatic carbocycles. The third kappa shape index (κ3) is 4.91. The predicted molar refractivity (Wildman–Crippen MR) is 110 cm³/mol. The molecule has 1 saturated heterocycles. The van der Waals surface area contributed by atoms with Crippen molar-refractivity contribution in [3.63, 3.8) is 0 Å². The van der Waals surface area contributed by atoms with Crippen LogP contribution in [0, 0.1) is 0 Å². The van der Waals surface area contributed by atoms with Gasteiger partial charge in [0.05, 0.1) is 13.2 Å². The van der Waals surface area contributed by atoms with Gasteiger partial charge in [-0.05, 0) is 54.6 Å². The van der Waals surface area contributed by atoms with Gasteiger partial charge in [0.25, 0.3) is 0 Å². The van der Waals surface area contributed by atoms with Crippen LogP contribution in [0.15, 0.2) is 70.7 Å². The van der Waals surface area contributed by atoms with Crippen molar-refractivity contribution in [2.24, 2.45) is 0 Å². The van der Waals surface area contributed by atoms with E-state index >= 15 is 0 Å². The largest absolute Gasteiger partial charge is 0.378 e. The summed E-state index contributed by atoms with van der Waals surface area (Å²) in [5, 5.41) is 4.87. The molecule has 1 fully saturated rings. The lowest BCUT2D eigenvalue weighted by molar-refractivity contribution is 0.122. The number of hydrogen-bond donors (Lipinski definition) is 1. The van der Waals surface area contributed by atoms with Crippen LogP contribution in [0.1, 0.15) is 0 Å². The third-order valence-corrected chi connectivity index (χ3v) is 5.36. The van der Waals surface area contributed by atoms with Gasteiger partial charge in [-0.2, -0.15) is 0 Å². The summed E-state index contributed by atoms with van der Waals surface area (Å²) in [5.41, 5.74) is 2.16. The maximum Gasteiger partial charge on any atom is 0.228 e. The van der Waals surface area contributed by atoms with E-state index in [0.29, 0.717) is 5.95 Å². The molecule has 0 radical (unpaired) electrons. The van der Waals surface area contributed by atoms with Crippen LogP contribution in [0.2, 0.25) is 5.02 Å². The Hall–Kier alpha value is -2.28. The first-order valence-corrected chi connectivity index (χ1v) is 9.92. The zero-order valence-corrected chi connectivity index (χ0v) is 16.2. The highest BCUT2D eigenvalue weighted by atomic mass is 35.5. The Balaban J connectivity index is 1.42. The highest BCUT2D eigenvalue weighted by Gasteiger charge is 2.11. The van der Waals surface area contributed by atoms with Gasteiger partial charge >= 0.3 is 0 Å². The maximum atomic E-state index is 5.94. The lowest BCUT2D eigenvalue weighted by Crippen LogP contribution is -2.36. The van der Waals surface area contributed by atoms with Gasteiger partial charge in [0.2, 0.25) is 5.95 Å². The van der Waals surface area contributed by atoms with Crippen LogP contribution in [0.4, 0.5) is 17.3 Å². The smallest absolute Gasteiger partial charge is 0.228 e. The van der Waals surface area contributed by atoms with Crippen molar-refractivity contribution < 1.29 is 4.74 Å². The first-order chi connectivity index (χ1) is 13.3. The molecule has 0 bridgehead atoms. The van der Waals surface area contributed by atoms with E-state index in [-0.39, 0.29) is 0 Å². The van der Waals surface area contributed by atoms with Crippen LogP contribution in [-0.4, -0.2) is 36.3 Å². The summed E-state index contributed by atoms with van der Waals surface area (Å²) < 4.78 is 5.40. The van der Waals surface area contributed by atoms with E-state index in [2.05, 4.69) is 32.3 Å². The minimum Gasteiger partial charge on any atom is -0.378 e. The average molecular weight is 399 g/mol. The number of hydrogen-bond acceptors (Lipinski definition) is 6. The van der Waals surface area contributed by atoms with Crippen molar-refractivity contribution in [2.75, 3.05) is 36.5 Å². The molecule has 0 spiro atoms. The zero-order valence-electron chi connectivity index (χ0n) is 14.6. The molecule has 138 valence electrons. The van der Waals surface area contributed by atoms with Crippen LogP contribution < -0.4 is 10.2 Å². The Bertz CT molecular complexity index is 883. The zero-order chi connectivity index (χ0) is 18.5. The van der Waals surface area contributed by atoms with Crippen LogP contribution in [-0.2, 0) is 4.74 Å². The fourth-order valence-electron chi connectivity index (χ4n) is 2.79. The summed E-state index contributed by atoms with van der Waals surface area (Å²) in [4.78, 5) is 12.3. The number of nitrogens with one attached hydrogen (secondary N) is 1. The van der Waals surface area contributed by atoms with Crippen LogP contribution in [0.5, 0.6) is 0 Å². The van der Waals surface area contributed by atoms with Gasteiger partial charge < -0.3 is 15.0 Å². The summed E-state index contributed by atoms with van der Waals surface area (Å²) in [6.07, 6.45) is 1.76. The Labute approximate surface area is 167 Å². The number of nitrogens with zero attached hydrogens (tertiary/aromatic N) is 3. The molecule has 2 aromatic carbocycles. The van der Waals surface area contributed by atoms with Crippen molar-refractivity contribution in [2.45, 2.75) is 9.92 Å². The van der Waals surface area contributed by atoms with Gasteiger partial charge in [-0.25, -0.2) is 9.97 Å². The van der Waals surface area contributed by atoms with Crippen molar-refractivity contribution in [3.8, 4) is 0 Å². The molecule has 27 heavy (non-hydrogen) atoms. The van der Waals surface area contributed by atoms with Crippen molar-refractivity contribution in [1.82, 2.24) is 9.97 Å². The number of rotatable bonds is 5. The molecule has 1 N–H and O–H groups in total. The number of anilines is 3. The summed E-state index contributed by atoms with van der Waals surface area (Å²) in [6, 6.07) is 17.9. The van der Waals surface area contributed by atoms with E-state index in [1.807, 2.05) is 42.5 Å². The number of aromatic nitrogens is 2. The molecule has 0 amide bonds. The highest BCUT2D eigenvalue weighted by Crippen LogP contribution is 2.28. The number of ether oxygens (including phenoxy) is 1. The Morgan fingerprint density at radius 2 is 1.70 bits per heavy atom. The van der Waals surface area contributed by atoms with E-state index in [9.17, 15) is 0 Å². The minimum absolute atomic E-state index is 0.577. The highest BCUT2D eigenvalue weighted by molar-refractivity contribution is 7.99. The molecule has 5 nitrogen and oxygen atoms in total. The van der Waals surface area contributed by atoms with Gasteiger partial charge in [-0.3, -0.25) is 0 Å². The second-order valence-electron chi connectivity index (χ2n) is 6.05. The van der Waals surface area contributed by atoms with Gasteiger partial charge in [-0.1, -0.05) is 23.4 Å². The Morgan fingerprint density at radius 3 is 2.44 bits per heavy atom. The molecule has 0 atom stereocenters. The normalized spacial score (nSPS) is 14.2. The topological polar surface area (TPSA) is 50.3 Å². The van der Waals surface area contributed by atoms with Crippen molar-refractivity contribution in [3.05, 3.63) is 65.8 Å². The summed E-state index contributed by atoms with van der Waals surface area (Å²) in [6.45, 7) is 3.43. The number of benzene rings is 2. The first-order valence-electron chi connectivity index (χ1n) is 8.72. The van der Waals surface area contributed by atoms with Crippen LogP contribution >= 0.6 is 23.4 Å². The van der Waals surface area contributed by atoms with Crippen LogP contribution in [0.25, 0.3) is 0 Å². The lowest BCUT2D eigenvalue weighted by atomic mass is 10.2. The number of halogens is 1. The molecular weight excluding hydrogens is 380 g/mol. The minimum atomic E-state index is 0.577. The standard InChI is InChI=1S/C20H19ClN4OS/c21-15-1-7-18(8-2-15)27-19-9-10-22-20(24-19)23-16-3-5-17(6-4-16)25-11-13-26-14-12-25/h1-10H,11-14H2,(H,22,23,24). The average Bonchev–Trinajstić information content (AvgIpc) is 2.71.